The van der Waals surface area contributed by atoms with Crippen LogP contribution in [0.4, 0.5) is 13.2 Å². The first kappa shape index (κ1) is 20.6. The molecule has 0 aliphatic rings. The maximum Gasteiger partial charge on any atom is 0.422 e. The molecule has 1 aromatic carbocycles. The van der Waals surface area contributed by atoms with Crippen LogP contribution in [-0.2, 0) is 6.42 Å². The second-order valence-corrected chi connectivity index (χ2v) is 6.55. The Balaban J connectivity index is 1.90. The Morgan fingerprint density at radius 3 is 2.41 bits per heavy atom. The van der Waals surface area contributed by atoms with Gasteiger partial charge >= 0.3 is 6.18 Å². The summed E-state index contributed by atoms with van der Waals surface area (Å²) in [6.07, 6.45) is -2.16. The largest absolute Gasteiger partial charge is 0.506 e. The first-order valence-electron chi connectivity index (χ1n) is 8.34. The monoisotopic (exact) mass is 422 g/mol. The number of ether oxygens (including phenoxy) is 1. The third-order valence-corrected chi connectivity index (χ3v) is 4.09. The van der Waals surface area contributed by atoms with E-state index in [1.807, 2.05) is 0 Å². The van der Waals surface area contributed by atoms with E-state index >= 15 is 0 Å². The maximum absolute atomic E-state index is 12.6. The zero-order valence-corrected chi connectivity index (χ0v) is 15.5. The Morgan fingerprint density at radius 1 is 1.07 bits per heavy atom. The van der Waals surface area contributed by atoms with Gasteiger partial charge in [-0.1, -0.05) is 23.7 Å². The van der Waals surface area contributed by atoms with Crippen molar-refractivity contribution in [3.63, 3.8) is 0 Å². The van der Waals surface area contributed by atoms with Crippen LogP contribution in [0.2, 0.25) is 5.02 Å². The zero-order chi connectivity index (χ0) is 21.0. The third-order valence-electron chi connectivity index (χ3n) is 3.83. The molecule has 0 saturated carbocycles. The number of Topliss-reactive ketones (excluding diaryl/α,β-unsaturated/α-hetero) is 1. The van der Waals surface area contributed by atoms with Crippen molar-refractivity contribution >= 4 is 17.4 Å². The number of carbonyl (C=O) groups excluding carboxylic acids is 1. The van der Waals surface area contributed by atoms with Crippen molar-refractivity contribution in [2.75, 3.05) is 6.61 Å². The Kier molecular flexibility index (Phi) is 6.03. The third kappa shape index (κ3) is 5.68. The fourth-order valence-corrected chi connectivity index (χ4v) is 2.65. The Labute approximate surface area is 168 Å². The second kappa shape index (κ2) is 8.48. The van der Waals surface area contributed by atoms with Gasteiger partial charge in [0.25, 0.3) is 0 Å². The molecule has 0 aliphatic carbocycles. The van der Waals surface area contributed by atoms with E-state index in [-0.39, 0.29) is 29.5 Å². The second-order valence-electron chi connectivity index (χ2n) is 6.11. The summed E-state index contributed by atoms with van der Waals surface area (Å²) in [4.78, 5) is 20.2. The van der Waals surface area contributed by atoms with Crippen LogP contribution in [0.25, 0.3) is 11.1 Å². The molecule has 3 aromatic rings. The van der Waals surface area contributed by atoms with E-state index in [2.05, 4.69) is 9.97 Å². The lowest BCUT2D eigenvalue weighted by molar-refractivity contribution is -0.154. The fraction of sp³-hybridized carbons (Fsp3) is 0.150. The SMILES string of the molecule is O=C(Cc1cnc(OCC(F)(F)F)c(-c2ccc(Cl)cc2)c1)c1ccc(O)cn1. The van der Waals surface area contributed by atoms with Crippen molar-refractivity contribution in [3.8, 4) is 22.8 Å². The van der Waals surface area contributed by atoms with Gasteiger partial charge in [-0.05, 0) is 41.5 Å². The van der Waals surface area contributed by atoms with Gasteiger partial charge in [-0.2, -0.15) is 13.2 Å². The van der Waals surface area contributed by atoms with Crippen LogP contribution < -0.4 is 4.74 Å². The quantitative estimate of drug-likeness (QED) is 0.574. The molecule has 0 unspecified atom stereocenters. The smallest absolute Gasteiger partial charge is 0.422 e. The molecule has 0 bridgehead atoms. The molecule has 0 aliphatic heterocycles. The summed E-state index contributed by atoms with van der Waals surface area (Å²) < 4.78 is 42.5. The van der Waals surface area contributed by atoms with Gasteiger partial charge in [0.1, 0.15) is 11.4 Å². The molecular formula is C20H14ClF3N2O3. The first-order chi connectivity index (χ1) is 13.7. The van der Waals surface area contributed by atoms with Crippen LogP contribution in [-0.4, -0.2) is 33.6 Å². The number of benzene rings is 1. The van der Waals surface area contributed by atoms with Gasteiger partial charge in [0.15, 0.2) is 12.4 Å². The summed E-state index contributed by atoms with van der Waals surface area (Å²) in [7, 11) is 0. The lowest BCUT2D eigenvalue weighted by Gasteiger charge is -2.14. The molecule has 29 heavy (non-hydrogen) atoms. The molecule has 0 fully saturated rings. The normalized spacial score (nSPS) is 11.3. The van der Waals surface area contributed by atoms with E-state index in [0.717, 1.165) is 6.20 Å². The maximum atomic E-state index is 12.6. The molecular weight excluding hydrogens is 409 g/mol. The van der Waals surface area contributed by atoms with E-state index in [0.29, 0.717) is 21.7 Å². The molecule has 2 heterocycles. The molecule has 0 radical (unpaired) electrons. The molecule has 5 nitrogen and oxygen atoms in total. The van der Waals surface area contributed by atoms with Gasteiger partial charge in [-0.25, -0.2) is 9.97 Å². The molecule has 150 valence electrons. The minimum Gasteiger partial charge on any atom is -0.506 e. The average molecular weight is 423 g/mol. The molecule has 2 aromatic heterocycles. The number of ketones is 1. The number of hydrogen-bond donors (Lipinski definition) is 1. The highest BCUT2D eigenvalue weighted by Crippen LogP contribution is 2.31. The fourth-order valence-electron chi connectivity index (χ4n) is 2.52. The number of aromatic nitrogens is 2. The minimum atomic E-state index is -4.52. The lowest BCUT2D eigenvalue weighted by atomic mass is 10.0. The highest BCUT2D eigenvalue weighted by atomic mass is 35.5. The van der Waals surface area contributed by atoms with Gasteiger partial charge in [-0.3, -0.25) is 4.79 Å². The Bertz CT molecular complexity index is 1010. The number of carbonyl (C=O) groups is 1. The number of aromatic hydroxyl groups is 1. The van der Waals surface area contributed by atoms with Crippen molar-refractivity contribution in [2.45, 2.75) is 12.6 Å². The van der Waals surface area contributed by atoms with E-state index in [1.165, 1.54) is 18.3 Å². The van der Waals surface area contributed by atoms with E-state index in [4.69, 9.17) is 16.3 Å². The average Bonchev–Trinajstić information content (AvgIpc) is 2.67. The predicted molar refractivity (Wildman–Crippen MR) is 100 cm³/mol. The molecule has 0 spiro atoms. The summed E-state index contributed by atoms with van der Waals surface area (Å²) in [5, 5.41) is 9.72. The van der Waals surface area contributed by atoms with E-state index < -0.39 is 12.8 Å². The van der Waals surface area contributed by atoms with Crippen molar-refractivity contribution in [1.29, 1.82) is 0 Å². The lowest BCUT2D eigenvalue weighted by Crippen LogP contribution is -2.20. The topological polar surface area (TPSA) is 72.3 Å². The Hall–Kier alpha value is -3.13. The van der Waals surface area contributed by atoms with Crippen molar-refractivity contribution in [1.82, 2.24) is 9.97 Å². The number of pyridine rings is 2. The van der Waals surface area contributed by atoms with E-state index in [1.54, 1.807) is 30.3 Å². The highest BCUT2D eigenvalue weighted by Gasteiger charge is 2.29. The summed E-state index contributed by atoms with van der Waals surface area (Å²) in [6.45, 7) is -1.49. The number of hydrogen-bond acceptors (Lipinski definition) is 5. The minimum absolute atomic E-state index is 0.0700. The highest BCUT2D eigenvalue weighted by molar-refractivity contribution is 6.30. The van der Waals surface area contributed by atoms with Crippen LogP contribution in [0.1, 0.15) is 16.1 Å². The molecule has 3 rings (SSSR count). The first-order valence-corrected chi connectivity index (χ1v) is 8.72. The molecule has 0 atom stereocenters. The van der Waals surface area contributed by atoms with E-state index in [9.17, 15) is 23.1 Å². The van der Waals surface area contributed by atoms with Crippen LogP contribution in [0.5, 0.6) is 11.6 Å². The predicted octanol–water partition coefficient (Wildman–Crippen LogP) is 4.87. The summed E-state index contributed by atoms with van der Waals surface area (Å²) >= 11 is 5.87. The molecule has 1 N–H and O–H groups in total. The number of nitrogens with zero attached hydrogens (tertiary/aromatic N) is 2. The van der Waals surface area contributed by atoms with Gasteiger partial charge in [0.2, 0.25) is 5.88 Å². The number of alkyl halides is 3. The Morgan fingerprint density at radius 2 is 1.79 bits per heavy atom. The number of rotatable bonds is 6. The van der Waals surface area contributed by atoms with Gasteiger partial charge in [-0.15, -0.1) is 0 Å². The molecule has 0 saturated heterocycles. The summed E-state index contributed by atoms with van der Waals surface area (Å²) in [5.41, 5.74) is 1.45. The molecule has 9 heteroatoms. The van der Waals surface area contributed by atoms with Crippen LogP contribution in [0.3, 0.4) is 0 Å². The van der Waals surface area contributed by atoms with Crippen molar-refractivity contribution in [2.24, 2.45) is 0 Å². The van der Waals surface area contributed by atoms with Crippen LogP contribution in [0, 0.1) is 0 Å². The number of halogens is 4. The van der Waals surface area contributed by atoms with Crippen molar-refractivity contribution in [3.05, 3.63) is 71.1 Å². The summed E-state index contributed by atoms with van der Waals surface area (Å²) in [5.74, 6) is -0.610. The van der Waals surface area contributed by atoms with Crippen molar-refractivity contribution < 1.29 is 27.8 Å². The van der Waals surface area contributed by atoms with Crippen LogP contribution in [0.15, 0.2) is 54.9 Å². The van der Waals surface area contributed by atoms with Crippen LogP contribution >= 0.6 is 11.6 Å². The summed E-state index contributed by atoms with van der Waals surface area (Å²) in [6, 6.07) is 10.7. The molecule has 0 amide bonds. The standard InChI is InChI=1S/C20H14ClF3N2O3/c21-14-3-1-13(2-4-14)16-7-12(9-26-19(16)29-11-20(22,23)24)8-18(28)17-6-5-15(27)10-25-17/h1-7,9-10,27H,8,11H2. The van der Waals surface area contributed by atoms with Gasteiger partial charge in [0.05, 0.1) is 6.20 Å². The van der Waals surface area contributed by atoms with Gasteiger partial charge in [0, 0.05) is 23.2 Å². The van der Waals surface area contributed by atoms with Gasteiger partial charge < -0.3 is 9.84 Å². The zero-order valence-electron chi connectivity index (χ0n) is 14.8.